The number of nitrogens with zero attached hydrogens (tertiary/aromatic N) is 3. The van der Waals surface area contributed by atoms with Crippen molar-refractivity contribution in [3.05, 3.63) is 47.0 Å². The zero-order valence-corrected chi connectivity index (χ0v) is 14.2. The van der Waals surface area contributed by atoms with Crippen LogP contribution >= 0.6 is 11.5 Å². The summed E-state index contributed by atoms with van der Waals surface area (Å²) >= 11 is 1.02. The van der Waals surface area contributed by atoms with Crippen molar-refractivity contribution in [2.45, 2.75) is 19.3 Å². The van der Waals surface area contributed by atoms with Crippen LogP contribution in [0.15, 0.2) is 36.5 Å². The predicted octanol–water partition coefficient (Wildman–Crippen LogP) is 1.75. The van der Waals surface area contributed by atoms with Gasteiger partial charge in [-0.25, -0.2) is 0 Å². The van der Waals surface area contributed by atoms with E-state index in [9.17, 15) is 9.59 Å². The number of hydrogen-bond acceptors (Lipinski definition) is 5. The van der Waals surface area contributed by atoms with Crippen molar-refractivity contribution in [2.75, 3.05) is 19.6 Å². The van der Waals surface area contributed by atoms with Gasteiger partial charge in [-0.3, -0.25) is 9.59 Å². The van der Waals surface area contributed by atoms with Crippen molar-refractivity contribution in [3.8, 4) is 0 Å². The fraction of sp³-hybridized carbons (Fsp3) is 0.412. The summed E-state index contributed by atoms with van der Waals surface area (Å²) in [6.07, 6.45) is 4.48. The van der Waals surface area contributed by atoms with Gasteiger partial charge in [0, 0.05) is 13.1 Å². The average molecular weight is 344 g/mol. The molecule has 1 aromatic carbocycles. The van der Waals surface area contributed by atoms with Gasteiger partial charge < -0.3 is 10.2 Å². The highest BCUT2D eigenvalue weighted by molar-refractivity contribution is 7.07. The van der Waals surface area contributed by atoms with Crippen molar-refractivity contribution in [2.24, 2.45) is 5.92 Å². The number of rotatable bonds is 5. The van der Waals surface area contributed by atoms with E-state index in [0.29, 0.717) is 10.8 Å². The van der Waals surface area contributed by atoms with E-state index in [-0.39, 0.29) is 18.4 Å². The third-order valence-corrected chi connectivity index (χ3v) is 4.98. The van der Waals surface area contributed by atoms with Crippen LogP contribution in [-0.2, 0) is 11.2 Å². The highest BCUT2D eigenvalue weighted by atomic mass is 32.1. The third kappa shape index (κ3) is 4.38. The molecule has 1 aliphatic heterocycles. The summed E-state index contributed by atoms with van der Waals surface area (Å²) in [5.74, 6) is 0.297. The van der Waals surface area contributed by atoms with E-state index in [1.165, 1.54) is 11.8 Å². The number of hydrogen-bond donors (Lipinski definition) is 1. The minimum absolute atomic E-state index is 0.0279. The predicted molar refractivity (Wildman–Crippen MR) is 91.7 cm³/mol. The lowest BCUT2D eigenvalue weighted by atomic mass is 9.90. The average Bonchev–Trinajstić information content (AvgIpc) is 3.16. The second kappa shape index (κ2) is 8.01. The van der Waals surface area contributed by atoms with Gasteiger partial charge in [-0.2, -0.15) is 0 Å². The Balaban J connectivity index is 1.41. The summed E-state index contributed by atoms with van der Waals surface area (Å²) in [7, 11) is 0. The van der Waals surface area contributed by atoms with E-state index in [1.807, 2.05) is 11.0 Å². The van der Waals surface area contributed by atoms with E-state index in [4.69, 9.17) is 0 Å². The van der Waals surface area contributed by atoms with Gasteiger partial charge in [-0.05, 0) is 42.3 Å². The number of piperidine rings is 1. The molecule has 1 aliphatic rings. The normalized spacial score (nSPS) is 15.2. The molecule has 0 atom stereocenters. The standard InChI is InChI=1S/C17H20N4O2S/c22-16(12-18-17(23)15-11-19-20-24-15)21-8-6-14(7-9-21)10-13-4-2-1-3-5-13/h1-5,11,14H,6-10,12H2,(H,18,23). The van der Waals surface area contributed by atoms with Crippen molar-refractivity contribution in [1.29, 1.82) is 0 Å². The van der Waals surface area contributed by atoms with E-state index >= 15 is 0 Å². The van der Waals surface area contributed by atoms with Crippen LogP contribution in [0.1, 0.15) is 28.1 Å². The highest BCUT2D eigenvalue weighted by Gasteiger charge is 2.23. The maximum atomic E-state index is 12.2. The summed E-state index contributed by atoms with van der Waals surface area (Å²) in [4.78, 5) is 26.3. The first kappa shape index (κ1) is 16.6. The minimum atomic E-state index is -0.294. The maximum absolute atomic E-state index is 12.2. The molecule has 2 amide bonds. The molecule has 0 unspecified atom stereocenters. The Labute approximate surface area is 145 Å². The van der Waals surface area contributed by atoms with Crippen LogP contribution in [0.4, 0.5) is 0 Å². The first-order valence-electron chi connectivity index (χ1n) is 8.09. The van der Waals surface area contributed by atoms with Crippen LogP contribution in [0.3, 0.4) is 0 Å². The van der Waals surface area contributed by atoms with E-state index in [2.05, 4.69) is 39.2 Å². The number of nitrogens with one attached hydrogen (secondary N) is 1. The summed E-state index contributed by atoms with van der Waals surface area (Å²) in [6, 6.07) is 10.5. The molecule has 1 saturated heterocycles. The molecule has 1 aromatic heterocycles. The number of amides is 2. The Morgan fingerprint density at radius 2 is 1.96 bits per heavy atom. The van der Waals surface area contributed by atoms with E-state index < -0.39 is 0 Å². The molecule has 1 N–H and O–H groups in total. The summed E-state index contributed by atoms with van der Waals surface area (Å²) < 4.78 is 3.64. The molecular weight excluding hydrogens is 324 g/mol. The van der Waals surface area contributed by atoms with Crippen LogP contribution < -0.4 is 5.32 Å². The summed E-state index contributed by atoms with van der Waals surface area (Å²) in [5, 5.41) is 6.25. The fourth-order valence-electron chi connectivity index (χ4n) is 2.96. The molecule has 0 bridgehead atoms. The lowest BCUT2D eigenvalue weighted by Gasteiger charge is -2.32. The van der Waals surface area contributed by atoms with Gasteiger partial charge in [0.15, 0.2) is 0 Å². The zero-order valence-electron chi connectivity index (χ0n) is 13.4. The Hall–Kier alpha value is -2.28. The van der Waals surface area contributed by atoms with Gasteiger partial charge in [-0.15, -0.1) is 5.10 Å². The number of carbonyl (C=O) groups is 2. The zero-order chi connectivity index (χ0) is 16.8. The Morgan fingerprint density at radius 1 is 1.21 bits per heavy atom. The summed E-state index contributed by atoms with van der Waals surface area (Å²) in [5.41, 5.74) is 1.35. The van der Waals surface area contributed by atoms with Crippen molar-refractivity contribution >= 4 is 23.3 Å². The Kier molecular flexibility index (Phi) is 5.53. The molecule has 2 aromatic rings. The monoisotopic (exact) mass is 344 g/mol. The molecule has 0 radical (unpaired) electrons. The lowest BCUT2D eigenvalue weighted by molar-refractivity contribution is -0.131. The Bertz CT molecular complexity index is 667. The lowest BCUT2D eigenvalue weighted by Crippen LogP contribution is -2.44. The minimum Gasteiger partial charge on any atom is -0.342 e. The molecule has 2 heterocycles. The van der Waals surface area contributed by atoms with Gasteiger partial charge in [0.2, 0.25) is 5.91 Å². The number of benzene rings is 1. The topological polar surface area (TPSA) is 75.2 Å². The summed E-state index contributed by atoms with van der Waals surface area (Å²) in [6.45, 7) is 1.54. The van der Waals surface area contributed by atoms with E-state index in [1.54, 1.807) is 0 Å². The first-order valence-corrected chi connectivity index (χ1v) is 8.87. The van der Waals surface area contributed by atoms with Crippen LogP contribution in [0.25, 0.3) is 0 Å². The van der Waals surface area contributed by atoms with Crippen molar-refractivity contribution < 1.29 is 9.59 Å². The van der Waals surface area contributed by atoms with E-state index in [0.717, 1.165) is 43.9 Å². The molecule has 0 aliphatic carbocycles. The Morgan fingerprint density at radius 3 is 2.62 bits per heavy atom. The first-order chi connectivity index (χ1) is 11.7. The molecule has 126 valence electrons. The molecule has 24 heavy (non-hydrogen) atoms. The molecule has 6 nitrogen and oxygen atoms in total. The third-order valence-electron chi connectivity index (χ3n) is 4.32. The molecule has 0 spiro atoms. The molecule has 3 rings (SSSR count). The molecule has 1 fully saturated rings. The van der Waals surface area contributed by atoms with Gasteiger partial charge in [0.25, 0.3) is 5.91 Å². The smallest absolute Gasteiger partial charge is 0.265 e. The van der Waals surface area contributed by atoms with Crippen LogP contribution in [0.2, 0.25) is 0 Å². The van der Waals surface area contributed by atoms with Crippen LogP contribution in [-0.4, -0.2) is 45.9 Å². The largest absolute Gasteiger partial charge is 0.342 e. The number of carbonyl (C=O) groups excluding carboxylic acids is 2. The van der Waals surface area contributed by atoms with Gasteiger partial charge in [0.05, 0.1) is 12.7 Å². The highest BCUT2D eigenvalue weighted by Crippen LogP contribution is 2.21. The molecule has 7 heteroatoms. The molecular formula is C17H20N4O2S. The second-order valence-corrected chi connectivity index (χ2v) is 6.76. The van der Waals surface area contributed by atoms with Gasteiger partial charge in [0.1, 0.15) is 4.88 Å². The maximum Gasteiger partial charge on any atom is 0.265 e. The van der Waals surface area contributed by atoms with Gasteiger partial charge >= 0.3 is 0 Å². The SMILES string of the molecule is O=C(NCC(=O)N1CCC(Cc2ccccc2)CC1)c1cnns1. The quantitative estimate of drug-likeness (QED) is 0.897. The van der Waals surface area contributed by atoms with Crippen molar-refractivity contribution in [1.82, 2.24) is 19.8 Å². The number of likely N-dealkylation sites (tertiary alicyclic amines) is 1. The van der Waals surface area contributed by atoms with Crippen LogP contribution in [0.5, 0.6) is 0 Å². The van der Waals surface area contributed by atoms with Gasteiger partial charge in [-0.1, -0.05) is 34.8 Å². The number of aromatic nitrogens is 2. The fourth-order valence-corrected chi connectivity index (χ4v) is 3.39. The molecule has 0 saturated carbocycles. The van der Waals surface area contributed by atoms with Crippen LogP contribution in [0, 0.1) is 5.92 Å². The second-order valence-electron chi connectivity index (χ2n) is 5.98. The van der Waals surface area contributed by atoms with Crippen molar-refractivity contribution in [3.63, 3.8) is 0 Å².